The van der Waals surface area contributed by atoms with Crippen molar-refractivity contribution in [3.8, 4) is 0 Å². The summed E-state index contributed by atoms with van der Waals surface area (Å²) in [5.41, 5.74) is 0.573. The Morgan fingerprint density at radius 2 is 1.80 bits per heavy atom. The molecule has 0 unspecified atom stereocenters. The zero-order chi connectivity index (χ0) is 10.7. The van der Waals surface area contributed by atoms with E-state index < -0.39 is 0 Å². The average Bonchev–Trinajstić information content (AvgIpc) is 2.30. The van der Waals surface area contributed by atoms with Crippen LogP contribution in [0.1, 0.15) is 10.4 Å². The maximum Gasteiger partial charge on any atom is 0.253 e. The third-order valence-corrected chi connectivity index (χ3v) is 3.33. The number of carbonyl (C=O) groups excluding carboxylic acids is 1. The van der Waals surface area contributed by atoms with Gasteiger partial charge in [-0.2, -0.15) is 11.8 Å². The van der Waals surface area contributed by atoms with Crippen LogP contribution in [0.3, 0.4) is 0 Å². The average molecular weight is 225 g/mol. The minimum Gasteiger partial charge on any atom is -0.337 e. The normalized spacial score (nSPS) is 16.5. The summed E-state index contributed by atoms with van der Waals surface area (Å²) >= 11 is 1.86. The SMILES string of the molecule is O=C(c1ccc(F)cc1)N1CCSCC1. The van der Waals surface area contributed by atoms with Crippen LogP contribution in [-0.4, -0.2) is 35.4 Å². The third-order valence-electron chi connectivity index (χ3n) is 2.39. The molecule has 0 spiro atoms. The molecule has 2 rings (SSSR count). The molecular weight excluding hydrogens is 213 g/mol. The van der Waals surface area contributed by atoms with Crippen molar-refractivity contribution in [1.29, 1.82) is 0 Å². The Morgan fingerprint density at radius 3 is 2.40 bits per heavy atom. The van der Waals surface area contributed by atoms with E-state index in [1.165, 1.54) is 12.1 Å². The number of hydrogen-bond acceptors (Lipinski definition) is 2. The molecule has 0 aromatic heterocycles. The fraction of sp³-hybridized carbons (Fsp3) is 0.364. The number of carbonyl (C=O) groups is 1. The van der Waals surface area contributed by atoms with Gasteiger partial charge in [-0.3, -0.25) is 4.79 Å². The van der Waals surface area contributed by atoms with Gasteiger partial charge in [0.1, 0.15) is 5.82 Å². The monoisotopic (exact) mass is 225 g/mol. The number of halogens is 1. The van der Waals surface area contributed by atoms with Gasteiger partial charge < -0.3 is 4.90 Å². The molecule has 80 valence electrons. The van der Waals surface area contributed by atoms with Crippen LogP contribution in [0.15, 0.2) is 24.3 Å². The van der Waals surface area contributed by atoms with Crippen LogP contribution in [0, 0.1) is 5.82 Å². The first kappa shape index (κ1) is 10.5. The van der Waals surface area contributed by atoms with Crippen molar-refractivity contribution in [2.24, 2.45) is 0 Å². The largest absolute Gasteiger partial charge is 0.337 e. The molecule has 0 atom stereocenters. The summed E-state index contributed by atoms with van der Waals surface area (Å²) in [4.78, 5) is 13.7. The van der Waals surface area contributed by atoms with Gasteiger partial charge in [-0.15, -0.1) is 0 Å². The van der Waals surface area contributed by atoms with Gasteiger partial charge in [0.05, 0.1) is 0 Å². The van der Waals surface area contributed by atoms with Crippen molar-refractivity contribution in [1.82, 2.24) is 4.90 Å². The minimum absolute atomic E-state index is 0.00954. The molecule has 1 aliphatic heterocycles. The number of nitrogens with zero attached hydrogens (tertiary/aromatic N) is 1. The summed E-state index contributed by atoms with van der Waals surface area (Å²) < 4.78 is 12.7. The number of benzene rings is 1. The van der Waals surface area contributed by atoms with Gasteiger partial charge in [0, 0.05) is 30.2 Å². The highest BCUT2D eigenvalue weighted by molar-refractivity contribution is 7.99. The highest BCUT2D eigenvalue weighted by Crippen LogP contribution is 2.13. The van der Waals surface area contributed by atoms with E-state index in [0.29, 0.717) is 5.56 Å². The lowest BCUT2D eigenvalue weighted by molar-refractivity contribution is 0.0772. The van der Waals surface area contributed by atoms with E-state index in [2.05, 4.69) is 0 Å². The highest BCUT2D eigenvalue weighted by atomic mass is 32.2. The highest BCUT2D eigenvalue weighted by Gasteiger charge is 2.17. The lowest BCUT2D eigenvalue weighted by atomic mass is 10.2. The van der Waals surface area contributed by atoms with Crippen LogP contribution in [0.2, 0.25) is 0 Å². The van der Waals surface area contributed by atoms with Crippen LogP contribution in [0.25, 0.3) is 0 Å². The molecular formula is C11H12FNOS. The number of rotatable bonds is 1. The summed E-state index contributed by atoms with van der Waals surface area (Å²) in [5.74, 6) is 1.69. The molecule has 1 aromatic carbocycles. The fourth-order valence-electron chi connectivity index (χ4n) is 1.54. The molecule has 4 heteroatoms. The molecule has 0 radical (unpaired) electrons. The zero-order valence-corrected chi connectivity index (χ0v) is 9.10. The lowest BCUT2D eigenvalue weighted by Gasteiger charge is -2.26. The van der Waals surface area contributed by atoms with Gasteiger partial charge >= 0.3 is 0 Å². The van der Waals surface area contributed by atoms with Crippen LogP contribution in [0.4, 0.5) is 4.39 Å². The zero-order valence-electron chi connectivity index (χ0n) is 8.28. The van der Waals surface area contributed by atoms with Gasteiger partial charge in [0.25, 0.3) is 5.91 Å². The first-order chi connectivity index (χ1) is 7.27. The van der Waals surface area contributed by atoms with Crippen molar-refractivity contribution < 1.29 is 9.18 Å². The van der Waals surface area contributed by atoms with E-state index in [4.69, 9.17) is 0 Å². The van der Waals surface area contributed by atoms with Gasteiger partial charge in [-0.05, 0) is 24.3 Å². The molecule has 0 bridgehead atoms. The number of amides is 1. The smallest absolute Gasteiger partial charge is 0.253 e. The van der Waals surface area contributed by atoms with Crippen molar-refractivity contribution in [3.05, 3.63) is 35.6 Å². The number of thioether (sulfide) groups is 1. The summed E-state index contributed by atoms with van der Waals surface area (Å²) in [7, 11) is 0. The van der Waals surface area contributed by atoms with E-state index in [1.807, 2.05) is 16.7 Å². The molecule has 0 N–H and O–H groups in total. The molecule has 1 amide bonds. The Labute approximate surface area is 92.5 Å². The molecule has 0 aliphatic carbocycles. The second-order valence-corrected chi connectivity index (χ2v) is 4.64. The van der Waals surface area contributed by atoms with Gasteiger partial charge in [0.15, 0.2) is 0 Å². The van der Waals surface area contributed by atoms with Crippen LogP contribution >= 0.6 is 11.8 Å². The van der Waals surface area contributed by atoms with E-state index in [1.54, 1.807) is 12.1 Å². The second-order valence-electron chi connectivity index (χ2n) is 3.41. The van der Waals surface area contributed by atoms with Crippen molar-refractivity contribution in [2.45, 2.75) is 0 Å². The maximum absolute atomic E-state index is 12.7. The Balaban J connectivity index is 2.09. The Kier molecular flexibility index (Phi) is 3.26. The Morgan fingerprint density at radius 1 is 1.20 bits per heavy atom. The van der Waals surface area contributed by atoms with Crippen LogP contribution < -0.4 is 0 Å². The molecule has 1 aromatic rings. The van der Waals surface area contributed by atoms with Crippen molar-refractivity contribution in [2.75, 3.05) is 24.6 Å². The summed E-state index contributed by atoms with van der Waals surface area (Å²) in [5, 5.41) is 0. The van der Waals surface area contributed by atoms with Crippen LogP contribution in [0.5, 0.6) is 0 Å². The van der Waals surface area contributed by atoms with E-state index in [-0.39, 0.29) is 11.7 Å². The molecule has 0 saturated carbocycles. The molecule has 2 nitrogen and oxygen atoms in total. The van der Waals surface area contributed by atoms with Crippen molar-refractivity contribution >= 4 is 17.7 Å². The third kappa shape index (κ3) is 2.50. The van der Waals surface area contributed by atoms with Crippen molar-refractivity contribution in [3.63, 3.8) is 0 Å². The van der Waals surface area contributed by atoms with Gasteiger partial charge in [0.2, 0.25) is 0 Å². The second kappa shape index (κ2) is 4.66. The summed E-state index contributed by atoms with van der Waals surface area (Å²) in [6.07, 6.45) is 0. The Bertz CT molecular complexity index is 346. The quantitative estimate of drug-likeness (QED) is 0.728. The maximum atomic E-state index is 12.7. The van der Waals surface area contributed by atoms with Gasteiger partial charge in [-0.1, -0.05) is 0 Å². The fourth-order valence-corrected chi connectivity index (χ4v) is 2.44. The van der Waals surface area contributed by atoms with E-state index in [9.17, 15) is 9.18 Å². The first-order valence-corrected chi connectivity index (χ1v) is 6.05. The number of hydrogen-bond donors (Lipinski definition) is 0. The molecule has 1 aliphatic rings. The molecule has 1 saturated heterocycles. The predicted molar refractivity (Wildman–Crippen MR) is 59.6 cm³/mol. The van der Waals surface area contributed by atoms with E-state index >= 15 is 0 Å². The molecule has 15 heavy (non-hydrogen) atoms. The lowest BCUT2D eigenvalue weighted by Crippen LogP contribution is -2.37. The van der Waals surface area contributed by atoms with E-state index in [0.717, 1.165) is 24.6 Å². The topological polar surface area (TPSA) is 20.3 Å². The summed E-state index contributed by atoms with van der Waals surface area (Å²) in [6.45, 7) is 1.59. The summed E-state index contributed by atoms with van der Waals surface area (Å²) in [6, 6.07) is 5.73. The molecule has 1 heterocycles. The first-order valence-electron chi connectivity index (χ1n) is 4.90. The minimum atomic E-state index is -0.305. The predicted octanol–water partition coefficient (Wildman–Crippen LogP) is 2.01. The van der Waals surface area contributed by atoms with Crippen LogP contribution in [-0.2, 0) is 0 Å². The van der Waals surface area contributed by atoms with Gasteiger partial charge in [-0.25, -0.2) is 4.39 Å². The molecule has 1 fully saturated rings. The standard InChI is InChI=1S/C11H12FNOS/c12-10-3-1-9(2-4-10)11(14)13-5-7-15-8-6-13/h1-4H,5-8H2. The Hall–Kier alpha value is -1.03.